The van der Waals surface area contributed by atoms with E-state index in [1.807, 2.05) is 22.6 Å². The number of hydrogen-bond donors (Lipinski definition) is 1. The van der Waals surface area contributed by atoms with Gasteiger partial charge in [0.05, 0.1) is 21.3 Å². The summed E-state index contributed by atoms with van der Waals surface area (Å²) >= 11 is 1.92. The van der Waals surface area contributed by atoms with Crippen molar-refractivity contribution in [2.45, 2.75) is 6.92 Å². The van der Waals surface area contributed by atoms with Gasteiger partial charge in [-0.25, -0.2) is 9.59 Å². The summed E-state index contributed by atoms with van der Waals surface area (Å²) in [6, 6.07) is 11.3. The molecule has 0 spiro atoms. The summed E-state index contributed by atoms with van der Waals surface area (Å²) in [6.45, 7) is 2.10. The van der Waals surface area contributed by atoms with Gasteiger partial charge in [0.25, 0.3) is 0 Å². The number of carbonyl (C=O) groups excluding carboxylic acids is 1. The van der Waals surface area contributed by atoms with Crippen LogP contribution in [-0.2, 0) is 0 Å². The van der Waals surface area contributed by atoms with Gasteiger partial charge in [0.1, 0.15) is 0 Å². The maximum absolute atomic E-state index is 12.1. The summed E-state index contributed by atoms with van der Waals surface area (Å²) in [5.74, 6) is -1.14. The van der Waals surface area contributed by atoms with Crippen LogP contribution in [0.5, 0.6) is 11.5 Å². The van der Waals surface area contributed by atoms with E-state index in [0.29, 0.717) is 15.7 Å². The smallest absolute Gasteiger partial charge is 0.343 e. The van der Waals surface area contributed by atoms with Gasteiger partial charge in [-0.2, -0.15) is 0 Å². The van der Waals surface area contributed by atoms with Gasteiger partial charge in [-0.15, -0.1) is 0 Å². The Hall–Kier alpha value is -2.09. The van der Waals surface area contributed by atoms with Gasteiger partial charge in [0, 0.05) is 0 Å². The highest BCUT2D eigenvalue weighted by Gasteiger charge is 2.19. The molecule has 0 atom stereocenters. The lowest BCUT2D eigenvalue weighted by atomic mass is 10.2. The number of rotatable bonds is 5. The normalized spacial score (nSPS) is 10.1. The van der Waals surface area contributed by atoms with Crippen molar-refractivity contribution in [3.8, 4) is 11.5 Å². The second kappa shape index (κ2) is 7.26. The van der Waals surface area contributed by atoms with E-state index >= 15 is 0 Å². The standard InChI is InChI=1S/C16H13IO5/c1-2-21-13-9-11(15(18)19)8-12(17)14(13)22-16(20)10-6-4-3-5-7-10/h3-9H,2H2,1H3,(H,18,19). The van der Waals surface area contributed by atoms with Crippen molar-refractivity contribution >= 4 is 34.5 Å². The van der Waals surface area contributed by atoms with Crippen molar-refractivity contribution in [1.29, 1.82) is 0 Å². The van der Waals surface area contributed by atoms with Crippen LogP contribution in [0.2, 0.25) is 0 Å². The molecule has 5 nitrogen and oxygen atoms in total. The number of carboxylic acid groups (broad SMARTS) is 1. The van der Waals surface area contributed by atoms with E-state index in [1.165, 1.54) is 12.1 Å². The highest BCUT2D eigenvalue weighted by atomic mass is 127. The molecule has 2 rings (SSSR count). The first kappa shape index (κ1) is 16.3. The molecule has 1 N–H and O–H groups in total. The molecule has 2 aromatic carbocycles. The van der Waals surface area contributed by atoms with Crippen LogP contribution in [0.3, 0.4) is 0 Å². The second-order valence-corrected chi connectivity index (χ2v) is 5.44. The summed E-state index contributed by atoms with van der Waals surface area (Å²) in [5, 5.41) is 9.09. The van der Waals surface area contributed by atoms with Crippen LogP contribution in [0.15, 0.2) is 42.5 Å². The fourth-order valence-corrected chi connectivity index (χ4v) is 2.49. The molecule has 0 fully saturated rings. The molecule has 0 saturated heterocycles. The van der Waals surface area contributed by atoms with Gasteiger partial charge in [0.15, 0.2) is 11.5 Å². The first-order chi connectivity index (χ1) is 10.5. The van der Waals surface area contributed by atoms with Gasteiger partial charge >= 0.3 is 11.9 Å². The SMILES string of the molecule is CCOc1cc(C(=O)O)cc(I)c1OC(=O)c1ccccc1. The molecule has 0 aliphatic rings. The maximum atomic E-state index is 12.1. The number of carbonyl (C=O) groups is 2. The molecule has 0 aliphatic carbocycles. The van der Waals surface area contributed by atoms with Crippen molar-refractivity contribution in [1.82, 2.24) is 0 Å². The first-order valence-corrected chi connectivity index (χ1v) is 7.57. The van der Waals surface area contributed by atoms with E-state index < -0.39 is 11.9 Å². The Labute approximate surface area is 141 Å². The fraction of sp³-hybridized carbons (Fsp3) is 0.125. The average molecular weight is 412 g/mol. The highest BCUT2D eigenvalue weighted by Crippen LogP contribution is 2.34. The Bertz CT molecular complexity index is 697. The molecule has 0 bridgehead atoms. The van der Waals surface area contributed by atoms with E-state index in [9.17, 15) is 9.59 Å². The van der Waals surface area contributed by atoms with Crippen LogP contribution in [-0.4, -0.2) is 23.7 Å². The van der Waals surface area contributed by atoms with Crippen molar-refractivity contribution in [3.05, 3.63) is 57.2 Å². The molecule has 0 heterocycles. The molecular formula is C16H13IO5. The number of hydrogen-bond acceptors (Lipinski definition) is 4. The Kier molecular flexibility index (Phi) is 5.37. The molecule has 0 aliphatic heterocycles. The minimum Gasteiger partial charge on any atom is -0.490 e. The maximum Gasteiger partial charge on any atom is 0.343 e. The third-order valence-corrected chi connectivity index (χ3v) is 3.56. The molecule has 0 aromatic heterocycles. The summed E-state index contributed by atoms with van der Waals surface area (Å²) in [4.78, 5) is 23.2. The Morgan fingerprint density at radius 2 is 1.82 bits per heavy atom. The van der Waals surface area contributed by atoms with Crippen molar-refractivity contribution in [2.75, 3.05) is 6.61 Å². The molecule has 114 valence electrons. The lowest BCUT2D eigenvalue weighted by Gasteiger charge is -2.13. The second-order valence-electron chi connectivity index (χ2n) is 4.28. The van der Waals surface area contributed by atoms with Crippen LogP contribution < -0.4 is 9.47 Å². The van der Waals surface area contributed by atoms with E-state index in [4.69, 9.17) is 14.6 Å². The van der Waals surface area contributed by atoms with E-state index in [0.717, 1.165) is 0 Å². The largest absolute Gasteiger partial charge is 0.490 e. The molecule has 0 unspecified atom stereocenters. The number of halogens is 1. The lowest BCUT2D eigenvalue weighted by molar-refractivity contribution is 0.0696. The molecule has 0 saturated carbocycles. The van der Waals surface area contributed by atoms with Crippen LogP contribution in [0.4, 0.5) is 0 Å². The van der Waals surface area contributed by atoms with Crippen molar-refractivity contribution in [2.24, 2.45) is 0 Å². The Morgan fingerprint density at radius 1 is 1.14 bits per heavy atom. The third kappa shape index (κ3) is 3.76. The summed E-state index contributed by atoms with van der Waals surface area (Å²) in [5.41, 5.74) is 0.482. The topological polar surface area (TPSA) is 72.8 Å². The molecule has 0 radical (unpaired) electrons. The third-order valence-electron chi connectivity index (χ3n) is 2.76. The fourth-order valence-electron chi connectivity index (χ4n) is 1.78. The predicted octanol–water partition coefficient (Wildman–Crippen LogP) is 3.61. The van der Waals surface area contributed by atoms with Crippen LogP contribution >= 0.6 is 22.6 Å². The van der Waals surface area contributed by atoms with Crippen molar-refractivity contribution < 1.29 is 24.2 Å². The van der Waals surface area contributed by atoms with Gasteiger partial charge in [-0.3, -0.25) is 0 Å². The van der Waals surface area contributed by atoms with Crippen LogP contribution in [0.1, 0.15) is 27.6 Å². The number of ether oxygens (including phenoxy) is 2. The zero-order valence-corrected chi connectivity index (χ0v) is 13.9. The molecule has 6 heteroatoms. The van der Waals surface area contributed by atoms with Gasteiger partial charge < -0.3 is 14.6 Å². The van der Waals surface area contributed by atoms with E-state index in [2.05, 4.69) is 0 Å². The Balaban J connectivity index is 2.37. The zero-order chi connectivity index (χ0) is 16.1. The van der Waals surface area contributed by atoms with Gasteiger partial charge in [-0.1, -0.05) is 18.2 Å². The lowest BCUT2D eigenvalue weighted by Crippen LogP contribution is -2.11. The monoisotopic (exact) mass is 412 g/mol. The van der Waals surface area contributed by atoms with E-state index in [1.54, 1.807) is 37.3 Å². The quantitative estimate of drug-likeness (QED) is 0.462. The zero-order valence-electron chi connectivity index (χ0n) is 11.7. The Morgan fingerprint density at radius 3 is 2.41 bits per heavy atom. The number of aromatic carboxylic acids is 1. The number of esters is 1. The molecule has 22 heavy (non-hydrogen) atoms. The molecule has 2 aromatic rings. The highest BCUT2D eigenvalue weighted by molar-refractivity contribution is 14.1. The number of benzene rings is 2. The minimum absolute atomic E-state index is 0.0763. The summed E-state index contributed by atoms with van der Waals surface area (Å²) in [6.07, 6.45) is 0. The minimum atomic E-state index is -1.07. The van der Waals surface area contributed by atoms with Crippen molar-refractivity contribution in [3.63, 3.8) is 0 Å². The summed E-state index contributed by atoms with van der Waals surface area (Å²) in [7, 11) is 0. The number of carboxylic acids is 1. The van der Waals surface area contributed by atoms with E-state index in [-0.39, 0.29) is 17.1 Å². The first-order valence-electron chi connectivity index (χ1n) is 6.49. The molecule has 0 amide bonds. The molecular weight excluding hydrogens is 399 g/mol. The predicted molar refractivity (Wildman–Crippen MR) is 88.7 cm³/mol. The van der Waals surface area contributed by atoms with Gasteiger partial charge in [0.2, 0.25) is 0 Å². The average Bonchev–Trinajstić information content (AvgIpc) is 2.51. The van der Waals surface area contributed by atoms with Crippen LogP contribution in [0, 0.1) is 3.57 Å². The van der Waals surface area contributed by atoms with Gasteiger partial charge in [-0.05, 0) is 53.8 Å². The van der Waals surface area contributed by atoms with Crippen LogP contribution in [0.25, 0.3) is 0 Å². The summed E-state index contributed by atoms with van der Waals surface area (Å²) < 4.78 is 11.3.